The van der Waals surface area contributed by atoms with Crippen LogP contribution >= 0.6 is 0 Å². The zero-order valence-corrected chi connectivity index (χ0v) is 10.1. The largest absolute Gasteiger partial charge is 0.480 e. The van der Waals surface area contributed by atoms with E-state index in [1.165, 1.54) is 0 Å². The van der Waals surface area contributed by atoms with Crippen LogP contribution in [0.5, 0.6) is 0 Å². The number of hydrogen-bond donors (Lipinski definition) is 3. The molecule has 4 N–H and O–H groups in total. The quantitative estimate of drug-likeness (QED) is 0.563. The fraction of sp³-hybridized carbons (Fsp3) is 0.583. The predicted molar refractivity (Wildman–Crippen MR) is 64.5 cm³/mol. The van der Waals surface area contributed by atoms with Crippen molar-refractivity contribution in [1.82, 2.24) is 5.32 Å². The minimum Gasteiger partial charge on any atom is -0.480 e. The fourth-order valence-corrected chi connectivity index (χ4v) is 1.90. The van der Waals surface area contributed by atoms with Crippen molar-refractivity contribution in [2.45, 2.75) is 38.1 Å². The summed E-state index contributed by atoms with van der Waals surface area (Å²) < 4.78 is 0. The SMILES string of the molecule is NC(=O)CCC(NC(=O)CC1C=CCC1)C(=O)O. The highest BCUT2D eigenvalue weighted by Gasteiger charge is 2.22. The third-order valence-corrected chi connectivity index (χ3v) is 2.87. The molecule has 0 radical (unpaired) electrons. The van der Waals surface area contributed by atoms with Gasteiger partial charge in [-0.05, 0) is 25.2 Å². The van der Waals surface area contributed by atoms with E-state index in [4.69, 9.17) is 10.8 Å². The average Bonchev–Trinajstić information content (AvgIpc) is 2.76. The molecule has 0 bridgehead atoms. The number of amides is 2. The standard InChI is InChI=1S/C12H18N2O4/c13-10(15)6-5-9(12(17)18)14-11(16)7-8-3-1-2-4-8/h1,3,8-9H,2,4-7H2,(H2,13,15)(H,14,16)(H,17,18). The highest BCUT2D eigenvalue weighted by atomic mass is 16.4. The molecule has 6 heteroatoms. The molecule has 1 rings (SSSR count). The lowest BCUT2D eigenvalue weighted by molar-refractivity contribution is -0.142. The Morgan fingerprint density at radius 1 is 1.44 bits per heavy atom. The van der Waals surface area contributed by atoms with E-state index in [0.29, 0.717) is 0 Å². The molecule has 2 amide bonds. The zero-order chi connectivity index (χ0) is 13.5. The topological polar surface area (TPSA) is 109 Å². The van der Waals surface area contributed by atoms with Crippen LogP contribution in [0.2, 0.25) is 0 Å². The summed E-state index contributed by atoms with van der Waals surface area (Å²) in [6.45, 7) is 0. The van der Waals surface area contributed by atoms with Gasteiger partial charge in [-0.2, -0.15) is 0 Å². The minimum atomic E-state index is -1.15. The monoisotopic (exact) mass is 254 g/mol. The van der Waals surface area contributed by atoms with Gasteiger partial charge in [0.15, 0.2) is 0 Å². The van der Waals surface area contributed by atoms with Gasteiger partial charge >= 0.3 is 5.97 Å². The van der Waals surface area contributed by atoms with E-state index in [1.807, 2.05) is 12.2 Å². The van der Waals surface area contributed by atoms with E-state index in [2.05, 4.69) is 5.32 Å². The molecular formula is C12H18N2O4. The molecule has 0 heterocycles. The lowest BCUT2D eigenvalue weighted by Crippen LogP contribution is -2.41. The van der Waals surface area contributed by atoms with Crippen molar-refractivity contribution in [2.24, 2.45) is 11.7 Å². The van der Waals surface area contributed by atoms with Crippen LogP contribution in [0.1, 0.15) is 32.1 Å². The zero-order valence-electron chi connectivity index (χ0n) is 10.1. The van der Waals surface area contributed by atoms with Gasteiger partial charge in [-0.3, -0.25) is 9.59 Å². The Labute approximate surface area is 105 Å². The third-order valence-electron chi connectivity index (χ3n) is 2.87. The molecule has 0 aliphatic heterocycles. The summed E-state index contributed by atoms with van der Waals surface area (Å²) in [5, 5.41) is 11.3. The molecule has 100 valence electrons. The average molecular weight is 254 g/mol. The Kier molecular flexibility index (Phi) is 5.35. The van der Waals surface area contributed by atoms with E-state index in [-0.39, 0.29) is 31.1 Å². The molecule has 0 aromatic rings. The number of carboxylic acid groups (broad SMARTS) is 1. The van der Waals surface area contributed by atoms with Gasteiger partial charge in [-0.1, -0.05) is 12.2 Å². The minimum absolute atomic E-state index is 0.0247. The molecule has 2 atom stereocenters. The van der Waals surface area contributed by atoms with Crippen LogP contribution in [0.25, 0.3) is 0 Å². The molecule has 1 aliphatic rings. The van der Waals surface area contributed by atoms with Crippen LogP contribution in [0.15, 0.2) is 12.2 Å². The Morgan fingerprint density at radius 2 is 2.17 bits per heavy atom. The Balaban J connectivity index is 2.39. The molecule has 0 aromatic heterocycles. The fourth-order valence-electron chi connectivity index (χ4n) is 1.90. The second-order valence-corrected chi connectivity index (χ2v) is 4.43. The maximum absolute atomic E-state index is 11.6. The van der Waals surface area contributed by atoms with Crippen molar-refractivity contribution >= 4 is 17.8 Å². The third kappa shape index (κ3) is 4.99. The highest BCUT2D eigenvalue weighted by Crippen LogP contribution is 2.20. The molecule has 0 spiro atoms. The number of carbonyl (C=O) groups excluding carboxylic acids is 2. The summed E-state index contributed by atoms with van der Waals surface area (Å²) in [4.78, 5) is 33.1. The van der Waals surface area contributed by atoms with E-state index >= 15 is 0 Å². The van der Waals surface area contributed by atoms with E-state index < -0.39 is 17.9 Å². The molecule has 0 aromatic carbocycles. The maximum Gasteiger partial charge on any atom is 0.326 e. The van der Waals surface area contributed by atoms with E-state index in [0.717, 1.165) is 12.8 Å². The Morgan fingerprint density at radius 3 is 2.67 bits per heavy atom. The van der Waals surface area contributed by atoms with Gasteiger partial charge in [0.05, 0.1) is 0 Å². The number of nitrogens with one attached hydrogen (secondary N) is 1. The first-order valence-electron chi connectivity index (χ1n) is 5.96. The summed E-state index contributed by atoms with van der Waals surface area (Å²) in [5.41, 5.74) is 4.95. The van der Waals surface area contributed by atoms with Gasteiger partial charge in [-0.15, -0.1) is 0 Å². The van der Waals surface area contributed by atoms with Crippen molar-refractivity contribution < 1.29 is 19.5 Å². The second kappa shape index (κ2) is 6.78. The van der Waals surface area contributed by atoms with Crippen LogP contribution in [0.3, 0.4) is 0 Å². The maximum atomic E-state index is 11.6. The number of aliphatic carboxylic acids is 1. The Hall–Kier alpha value is -1.85. The highest BCUT2D eigenvalue weighted by molar-refractivity contribution is 5.84. The number of carboxylic acids is 1. The molecule has 0 saturated carbocycles. The number of carbonyl (C=O) groups is 3. The number of hydrogen-bond acceptors (Lipinski definition) is 3. The first-order chi connectivity index (χ1) is 8.49. The van der Waals surface area contributed by atoms with Gasteiger partial charge in [-0.25, -0.2) is 4.79 Å². The van der Waals surface area contributed by atoms with Crippen LogP contribution in [0, 0.1) is 5.92 Å². The molecule has 0 saturated heterocycles. The van der Waals surface area contributed by atoms with Gasteiger partial charge in [0.1, 0.15) is 6.04 Å². The molecule has 1 aliphatic carbocycles. The summed E-state index contributed by atoms with van der Waals surface area (Å²) in [6, 6.07) is -1.05. The number of primary amides is 1. The van der Waals surface area contributed by atoms with Crippen molar-refractivity contribution in [2.75, 3.05) is 0 Å². The van der Waals surface area contributed by atoms with Crippen molar-refractivity contribution in [1.29, 1.82) is 0 Å². The molecule has 2 unspecified atom stereocenters. The first kappa shape index (κ1) is 14.2. The summed E-state index contributed by atoms with van der Waals surface area (Å²) in [6.07, 6.45) is 6.13. The lowest BCUT2D eigenvalue weighted by Gasteiger charge is -2.15. The first-order valence-corrected chi connectivity index (χ1v) is 5.96. The summed E-state index contributed by atoms with van der Waals surface area (Å²) in [7, 11) is 0. The van der Waals surface area contributed by atoms with E-state index in [1.54, 1.807) is 0 Å². The van der Waals surface area contributed by atoms with Gasteiger partial charge in [0.25, 0.3) is 0 Å². The Bertz CT molecular complexity index is 365. The summed E-state index contributed by atoms with van der Waals surface area (Å²) >= 11 is 0. The number of nitrogens with two attached hydrogens (primary N) is 1. The molecule has 6 nitrogen and oxygen atoms in total. The van der Waals surface area contributed by atoms with Gasteiger partial charge in [0, 0.05) is 12.8 Å². The van der Waals surface area contributed by atoms with Crippen LogP contribution in [-0.4, -0.2) is 28.9 Å². The summed E-state index contributed by atoms with van der Waals surface area (Å²) in [5.74, 6) is -1.83. The predicted octanol–water partition coefficient (Wildman–Crippen LogP) is 0.178. The van der Waals surface area contributed by atoms with Crippen LogP contribution in [0.4, 0.5) is 0 Å². The number of rotatable bonds is 7. The van der Waals surface area contributed by atoms with Crippen molar-refractivity contribution in [3.8, 4) is 0 Å². The second-order valence-electron chi connectivity index (χ2n) is 4.43. The van der Waals surface area contributed by atoms with E-state index in [9.17, 15) is 14.4 Å². The van der Waals surface area contributed by atoms with Crippen molar-refractivity contribution in [3.63, 3.8) is 0 Å². The van der Waals surface area contributed by atoms with Crippen molar-refractivity contribution in [3.05, 3.63) is 12.2 Å². The van der Waals surface area contributed by atoms with Gasteiger partial charge < -0.3 is 16.2 Å². The van der Waals surface area contributed by atoms with Crippen LogP contribution < -0.4 is 11.1 Å². The van der Waals surface area contributed by atoms with Crippen LogP contribution in [-0.2, 0) is 14.4 Å². The number of allylic oxidation sites excluding steroid dienone is 2. The molecule has 18 heavy (non-hydrogen) atoms. The lowest BCUT2D eigenvalue weighted by atomic mass is 10.0. The van der Waals surface area contributed by atoms with Gasteiger partial charge in [0.2, 0.25) is 11.8 Å². The molecule has 0 fully saturated rings. The molecular weight excluding hydrogens is 236 g/mol. The smallest absolute Gasteiger partial charge is 0.326 e. The normalized spacial score (nSPS) is 19.4.